The predicted octanol–water partition coefficient (Wildman–Crippen LogP) is 1.78. The Balaban J connectivity index is 3.47. The minimum Gasteiger partial charge on any atom is -0.478 e. The molecule has 0 bridgehead atoms. The fraction of sp³-hybridized carbons (Fsp3) is 0.250. The molecule has 0 saturated carbocycles. The zero-order valence-electron chi connectivity index (χ0n) is 7.38. The Morgan fingerprint density at radius 3 is 2.67 bits per heavy atom. The molecule has 0 amide bonds. The van der Waals surface area contributed by atoms with Crippen LogP contribution in [0.3, 0.4) is 0 Å². The predicted molar refractivity (Wildman–Crippen MR) is 56.8 cm³/mol. The van der Waals surface area contributed by atoms with Crippen LogP contribution in [-0.4, -0.2) is 16.1 Å². The SMILES string of the molecule is NCc1c(C(F)F)cnc(I)c1C(=O)O. The van der Waals surface area contributed by atoms with Gasteiger partial charge in [-0.25, -0.2) is 18.6 Å². The molecule has 1 aromatic rings. The smallest absolute Gasteiger partial charge is 0.338 e. The van der Waals surface area contributed by atoms with Crippen molar-refractivity contribution in [3.05, 3.63) is 26.6 Å². The van der Waals surface area contributed by atoms with E-state index in [1.54, 1.807) is 22.6 Å². The molecule has 0 radical (unpaired) electrons. The quantitative estimate of drug-likeness (QED) is 0.655. The molecule has 15 heavy (non-hydrogen) atoms. The highest BCUT2D eigenvalue weighted by Crippen LogP contribution is 2.26. The lowest BCUT2D eigenvalue weighted by atomic mass is 10.1. The van der Waals surface area contributed by atoms with Gasteiger partial charge in [-0.05, 0) is 28.2 Å². The van der Waals surface area contributed by atoms with E-state index in [0.717, 1.165) is 6.20 Å². The first-order chi connectivity index (χ1) is 6.99. The van der Waals surface area contributed by atoms with Crippen molar-refractivity contribution in [1.29, 1.82) is 0 Å². The van der Waals surface area contributed by atoms with Crippen molar-refractivity contribution in [2.45, 2.75) is 13.0 Å². The molecule has 1 rings (SSSR count). The van der Waals surface area contributed by atoms with Gasteiger partial charge in [0, 0.05) is 18.3 Å². The molecule has 7 heteroatoms. The zero-order valence-corrected chi connectivity index (χ0v) is 9.53. The third kappa shape index (κ3) is 2.40. The standard InChI is InChI=1S/C8H7F2IN2O2/c9-6(10)4-2-13-7(11)5(8(14)15)3(4)1-12/h2,6H,1,12H2,(H,14,15). The van der Waals surface area contributed by atoms with Gasteiger partial charge in [0.2, 0.25) is 0 Å². The summed E-state index contributed by atoms with van der Waals surface area (Å²) in [6.07, 6.45) is -1.81. The summed E-state index contributed by atoms with van der Waals surface area (Å²) in [5.41, 5.74) is 4.55. The van der Waals surface area contributed by atoms with Gasteiger partial charge in [0.05, 0.1) is 5.56 Å². The van der Waals surface area contributed by atoms with E-state index >= 15 is 0 Å². The number of hydrogen-bond acceptors (Lipinski definition) is 3. The molecule has 0 saturated heterocycles. The molecule has 0 aliphatic heterocycles. The Morgan fingerprint density at radius 1 is 1.67 bits per heavy atom. The largest absolute Gasteiger partial charge is 0.478 e. The van der Waals surface area contributed by atoms with Gasteiger partial charge >= 0.3 is 5.97 Å². The highest BCUT2D eigenvalue weighted by atomic mass is 127. The number of alkyl halides is 2. The summed E-state index contributed by atoms with van der Waals surface area (Å²) < 4.78 is 25.2. The van der Waals surface area contributed by atoms with E-state index in [9.17, 15) is 13.6 Å². The monoisotopic (exact) mass is 328 g/mol. The Morgan fingerprint density at radius 2 is 2.27 bits per heavy atom. The van der Waals surface area contributed by atoms with E-state index < -0.39 is 18.0 Å². The number of carboxylic acid groups (broad SMARTS) is 1. The summed E-state index contributed by atoms with van der Waals surface area (Å²) in [5, 5.41) is 8.84. The van der Waals surface area contributed by atoms with E-state index in [1.807, 2.05) is 0 Å². The van der Waals surface area contributed by atoms with Gasteiger partial charge < -0.3 is 10.8 Å². The van der Waals surface area contributed by atoms with E-state index in [2.05, 4.69) is 4.98 Å². The molecule has 0 atom stereocenters. The number of hydrogen-bond donors (Lipinski definition) is 2. The number of pyridine rings is 1. The van der Waals surface area contributed by atoms with Crippen molar-refractivity contribution in [2.24, 2.45) is 5.73 Å². The average molecular weight is 328 g/mol. The minimum atomic E-state index is -2.77. The van der Waals surface area contributed by atoms with E-state index in [0.29, 0.717) is 0 Å². The molecule has 4 nitrogen and oxygen atoms in total. The maximum absolute atomic E-state index is 12.5. The molecule has 0 aliphatic rings. The van der Waals surface area contributed by atoms with Crippen LogP contribution in [0.4, 0.5) is 8.78 Å². The number of aromatic carboxylic acids is 1. The van der Waals surface area contributed by atoms with Gasteiger partial charge in [0.15, 0.2) is 0 Å². The molecular formula is C8H7F2IN2O2. The Bertz CT molecular complexity index is 398. The topological polar surface area (TPSA) is 76.2 Å². The van der Waals surface area contributed by atoms with Crippen molar-refractivity contribution in [1.82, 2.24) is 4.98 Å². The number of carbonyl (C=O) groups is 1. The van der Waals surface area contributed by atoms with E-state index in [1.165, 1.54) is 0 Å². The molecule has 1 heterocycles. The second kappa shape index (κ2) is 4.79. The number of carboxylic acids is 1. The van der Waals surface area contributed by atoms with Gasteiger partial charge in [-0.15, -0.1) is 0 Å². The van der Waals surface area contributed by atoms with Crippen molar-refractivity contribution in [2.75, 3.05) is 0 Å². The van der Waals surface area contributed by atoms with Crippen LogP contribution in [0, 0.1) is 3.70 Å². The third-order valence-electron chi connectivity index (χ3n) is 1.83. The van der Waals surface area contributed by atoms with Crippen LogP contribution in [-0.2, 0) is 6.54 Å². The lowest BCUT2D eigenvalue weighted by molar-refractivity contribution is 0.0693. The van der Waals surface area contributed by atoms with Gasteiger partial charge in [-0.3, -0.25) is 0 Å². The highest BCUT2D eigenvalue weighted by Gasteiger charge is 2.22. The minimum absolute atomic E-state index is 0.0584. The number of rotatable bonds is 3. The Hall–Kier alpha value is -0.830. The first-order valence-corrected chi connectivity index (χ1v) is 4.95. The van der Waals surface area contributed by atoms with Crippen molar-refractivity contribution in [3.63, 3.8) is 0 Å². The number of halogens is 3. The second-order valence-corrected chi connectivity index (χ2v) is 3.69. The highest BCUT2D eigenvalue weighted by molar-refractivity contribution is 14.1. The molecule has 3 N–H and O–H groups in total. The molecule has 82 valence electrons. The number of aromatic nitrogens is 1. The second-order valence-electron chi connectivity index (χ2n) is 2.67. The van der Waals surface area contributed by atoms with Crippen LogP contribution in [0.1, 0.15) is 27.9 Å². The molecular weight excluding hydrogens is 321 g/mol. The van der Waals surface area contributed by atoms with Crippen LogP contribution in [0.25, 0.3) is 0 Å². The van der Waals surface area contributed by atoms with Crippen molar-refractivity contribution < 1.29 is 18.7 Å². The van der Waals surface area contributed by atoms with Crippen molar-refractivity contribution in [3.8, 4) is 0 Å². The Kier molecular flexibility index (Phi) is 3.91. The van der Waals surface area contributed by atoms with Crippen LogP contribution in [0.5, 0.6) is 0 Å². The third-order valence-corrected chi connectivity index (χ3v) is 2.64. The van der Waals surface area contributed by atoms with E-state index in [4.69, 9.17) is 10.8 Å². The molecule has 0 fully saturated rings. The van der Waals surface area contributed by atoms with Gasteiger partial charge in [0.25, 0.3) is 6.43 Å². The van der Waals surface area contributed by atoms with Gasteiger partial charge in [-0.2, -0.15) is 0 Å². The summed E-state index contributed by atoms with van der Waals surface area (Å²) >= 11 is 1.67. The summed E-state index contributed by atoms with van der Waals surface area (Å²) in [6, 6.07) is 0. The van der Waals surface area contributed by atoms with Gasteiger partial charge in [0.1, 0.15) is 3.70 Å². The summed E-state index contributed by atoms with van der Waals surface area (Å²) in [4.78, 5) is 14.4. The molecule has 0 aromatic carbocycles. The first-order valence-electron chi connectivity index (χ1n) is 3.87. The van der Waals surface area contributed by atoms with Crippen LogP contribution in [0.15, 0.2) is 6.20 Å². The van der Waals surface area contributed by atoms with Crippen LogP contribution in [0.2, 0.25) is 0 Å². The molecule has 0 spiro atoms. The Labute approximate surface area is 97.6 Å². The number of nitrogens with zero attached hydrogens (tertiary/aromatic N) is 1. The summed E-state index contributed by atoms with van der Waals surface area (Å²) in [6.45, 7) is -0.250. The maximum atomic E-state index is 12.5. The maximum Gasteiger partial charge on any atom is 0.338 e. The van der Waals surface area contributed by atoms with E-state index in [-0.39, 0.29) is 21.4 Å². The average Bonchev–Trinajstić information content (AvgIpc) is 2.15. The normalized spacial score (nSPS) is 10.7. The fourth-order valence-corrected chi connectivity index (χ4v) is 1.86. The van der Waals surface area contributed by atoms with Crippen molar-refractivity contribution >= 4 is 28.6 Å². The number of nitrogens with two attached hydrogens (primary N) is 1. The van der Waals surface area contributed by atoms with Crippen LogP contribution < -0.4 is 5.73 Å². The molecule has 0 aliphatic carbocycles. The first kappa shape index (κ1) is 12.2. The lowest BCUT2D eigenvalue weighted by Gasteiger charge is -2.10. The molecule has 0 unspecified atom stereocenters. The van der Waals surface area contributed by atoms with Crippen LogP contribution >= 0.6 is 22.6 Å². The fourth-order valence-electron chi connectivity index (χ4n) is 1.16. The molecule has 1 aromatic heterocycles. The summed E-state index contributed by atoms with van der Waals surface area (Å²) in [7, 11) is 0. The zero-order chi connectivity index (χ0) is 11.6. The van der Waals surface area contributed by atoms with Gasteiger partial charge in [-0.1, -0.05) is 0 Å². The summed E-state index contributed by atoms with van der Waals surface area (Å²) in [5.74, 6) is -1.30. The lowest BCUT2D eigenvalue weighted by Crippen LogP contribution is -2.14.